The van der Waals surface area contributed by atoms with Crippen molar-refractivity contribution < 1.29 is 23.9 Å². The number of aromatic amines is 1. The topological polar surface area (TPSA) is 96.5 Å². The number of amides is 2. The fourth-order valence-corrected chi connectivity index (χ4v) is 3.95. The average molecular weight is 380 g/mol. The molecule has 1 fully saturated rings. The van der Waals surface area contributed by atoms with E-state index in [0.717, 1.165) is 15.8 Å². The molecule has 1 saturated heterocycles. The third-order valence-electron chi connectivity index (χ3n) is 5.51. The maximum absolute atomic E-state index is 12.6. The first-order chi connectivity index (χ1) is 13.5. The minimum atomic E-state index is -1.05. The number of hydrogen-bond acceptors (Lipinski definition) is 5. The predicted octanol–water partition coefficient (Wildman–Crippen LogP) is 2.23. The first-order valence-electron chi connectivity index (χ1n) is 9.27. The van der Waals surface area contributed by atoms with Crippen molar-refractivity contribution in [1.29, 1.82) is 0 Å². The van der Waals surface area contributed by atoms with Gasteiger partial charge in [0.15, 0.2) is 6.61 Å². The minimum absolute atomic E-state index is 0.341. The molecular formula is C21H20N2O5. The molecule has 1 aromatic heterocycles. The van der Waals surface area contributed by atoms with E-state index in [2.05, 4.69) is 4.98 Å². The van der Waals surface area contributed by atoms with Gasteiger partial charge in [-0.3, -0.25) is 19.3 Å². The lowest BCUT2D eigenvalue weighted by atomic mass is 9.85. The number of carbonyl (C=O) groups excluding carboxylic acids is 4. The van der Waals surface area contributed by atoms with Crippen molar-refractivity contribution in [1.82, 2.24) is 9.88 Å². The molecule has 7 nitrogen and oxygen atoms in total. The van der Waals surface area contributed by atoms with Crippen LogP contribution in [0.25, 0.3) is 10.9 Å². The van der Waals surface area contributed by atoms with E-state index in [4.69, 9.17) is 4.74 Å². The zero-order valence-electron chi connectivity index (χ0n) is 15.4. The van der Waals surface area contributed by atoms with E-state index in [1.807, 2.05) is 30.4 Å². The second-order valence-electron chi connectivity index (χ2n) is 7.16. The number of rotatable bonds is 5. The van der Waals surface area contributed by atoms with Gasteiger partial charge in [-0.25, -0.2) is 4.79 Å². The molecule has 0 radical (unpaired) electrons. The van der Waals surface area contributed by atoms with Crippen molar-refractivity contribution in [3.8, 4) is 0 Å². The van der Waals surface area contributed by atoms with Crippen LogP contribution in [-0.2, 0) is 19.1 Å². The summed E-state index contributed by atoms with van der Waals surface area (Å²) in [4.78, 5) is 54.0. The van der Waals surface area contributed by atoms with E-state index in [9.17, 15) is 19.2 Å². The number of carbonyl (C=O) groups is 4. The molecule has 28 heavy (non-hydrogen) atoms. The number of para-hydroxylation sites is 1. The first kappa shape index (κ1) is 18.2. The van der Waals surface area contributed by atoms with Crippen LogP contribution in [-0.4, -0.2) is 46.1 Å². The molecule has 1 N–H and O–H groups in total. The Bertz CT molecular complexity index is 979. The maximum atomic E-state index is 12.6. The van der Waals surface area contributed by atoms with Crippen LogP contribution in [0, 0.1) is 11.8 Å². The number of esters is 1. The van der Waals surface area contributed by atoms with Crippen LogP contribution in [0.2, 0.25) is 0 Å². The Morgan fingerprint density at radius 2 is 1.79 bits per heavy atom. The number of imide groups is 1. The highest BCUT2D eigenvalue weighted by molar-refractivity contribution is 6.10. The highest BCUT2D eigenvalue weighted by Gasteiger charge is 2.50. The summed E-state index contributed by atoms with van der Waals surface area (Å²) in [6.45, 7) is 1.01. The highest BCUT2D eigenvalue weighted by Crippen LogP contribution is 2.36. The zero-order chi connectivity index (χ0) is 19.8. The summed E-state index contributed by atoms with van der Waals surface area (Å²) >= 11 is 0. The number of hydrogen-bond donors (Lipinski definition) is 1. The van der Waals surface area contributed by atoms with Gasteiger partial charge in [-0.05, 0) is 25.8 Å². The van der Waals surface area contributed by atoms with Crippen LogP contribution in [0.4, 0.5) is 0 Å². The number of Topliss-reactive ketones (excluding diaryl/α,β-unsaturated/α-hetero) is 1. The summed E-state index contributed by atoms with van der Waals surface area (Å²) in [6.07, 6.45) is 6.37. The van der Waals surface area contributed by atoms with Gasteiger partial charge in [-0.1, -0.05) is 30.4 Å². The molecule has 0 saturated carbocycles. The summed E-state index contributed by atoms with van der Waals surface area (Å²) in [7, 11) is 0. The van der Waals surface area contributed by atoms with Crippen LogP contribution >= 0.6 is 0 Å². The summed E-state index contributed by atoms with van der Waals surface area (Å²) in [5.74, 6) is -2.60. The molecule has 2 heterocycles. The molecule has 1 aliphatic carbocycles. The van der Waals surface area contributed by atoms with Crippen molar-refractivity contribution in [2.75, 3.05) is 6.61 Å². The number of nitrogens with one attached hydrogen (secondary N) is 1. The van der Waals surface area contributed by atoms with E-state index >= 15 is 0 Å². The standard InChI is InChI=1S/C21H20N2O5/c1-12(23-19(25)14-7-2-3-8-15(14)20(23)26)21(27)28-11-18(24)16-10-22-17-9-5-4-6-13(16)17/h2-6,9-10,12,14-15,22H,7-8,11H2,1H3/t12-,14-,15-/m0/s1. The smallest absolute Gasteiger partial charge is 0.329 e. The summed E-state index contributed by atoms with van der Waals surface area (Å²) in [5, 5.41) is 0.748. The molecular weight excluding hydrogens is 360 g/mol. The molecule has 2 aliphatic rings. The van der Waals surface area contributed by atoms with Gasteiger partial charge in [0.1, 0.15) is 6.04 Å². The van der Waals surface area contributed by atoms with Gasteiger partial charge in [-0.2, -0.15) is 0 Å². The molecule has 2 aromatic rings. The van der Waals surface area contributed by atoms with Crippen molar-refractivity contribution in [3.05, 3.63) is 48.2 Å². The Balaban J connectivity index is 1.42. The number of ketones is 1. The van der Waals surface area contributed by atoms with Gasteiger partial charge < -0.3 is 9.72 Å². The fourth-order valence-electron chi connectivity index (χ4n) is 3.95. The normalized spacial score (nSPS) is 22.4. The molecule has 7 heteroatoms. The second-order valence-corrected chi connectivity index (χ2v) is 7.16. The SMILES string of the molecule is C[C@@H](C(=O)OCC(=O)c1c[nH]c2ccccc12)N1C(=O)[C@H]2CC=CC[C@@H]2C1=O. The number of allylic oxidation sites excluding steroid dienone is 2. The maximum Gasteiger partial charge on any atom is 0.329 e. The molecule has 0 unspecified atom stereocenters. The second kappa shape index (κ2) is 7.07. The first-order valence-corrected chi connectivity index (χ1v) is 9.27. The van der Waals surface area contributed by atoms with E-state index in [1.165, 1.54) is 6.92 Å². The largest absolute Gasteiger partial charge is 0.456 e. The van der Waals surface area contributed by atoms with Crippen LogP contribution in [0.3, 0.4) is 0 Å². The molecule has 1 aliphatic heterocycles. The van der Waals surface area contributed by atoms with Gasteiger partial charge in [0, 0.05) is 22.7 Å². The zero-order valence-corrected chi connectivity index (χ0v) is 15.4. The number of nitrogens with zero attached hydrogens (tertiary/aromatic N) is 1. The average Bonchev–Trinajstić information content (AvgIpc) is 3.25. The van der Waals surface area contributed by atoms with Gasteiger partial charge >= 0.3 is 5.97 Å². The summed E-state index contributed by atoms with van der Waals surface area (Å²) in [6, 6.07) is 6.27. The van der Waals surface area contributed by atoms with Crippen LogP contribution in [0.1, 0.15) is 30.1 Å². The van der Waals surface area contributed by atoms with Crippen LogP contribution < -0.4 is 0 Å². The molecule has 3 atom stereocenters. The van der Waals surface area contributed by atoms with Crippen molar-refractivity contribution in [2.24, 2.45) is 11.8 Å². The Kier molecular flexibility index (Phi) is 4.58. The van der Waals surface area contributed by atoms with E-state index in [-0.39, 0.29) is 17.6 Å². The molecule has 144 valence electrons. The molecule has 4 rings (SSSR count). The third-order valence-corrected chi connectivity index (χ3v) is 5.51. The number of H-pyrrole nitrogens is 1. The molecule has 0 spiro atoms. The van der Waals surface area contributed by atoms with Gasteiger partial charge in [0.25, 0.3) is 0 Å². The van der Waals surface area contributed by atoms with Gasteiger partial charge in [0.05, 0.1) is 11.8 Å². The molecule has 1 aromatic carbocycles. The number of ether oxygens (including phenoxy) is 1. The highest BCUT2D eigenvalue weighted by atomic mass is 16.5. The lowest BCUT2D eigenvalue weighted by Gasteiger charge is -2.21. The summed E-state index contributed by atoms with van der Waals surface area (Å²) in [5.41, 5.74) is 1.25. The Morgan fingerprint density at radius 1 is 1.14 bits per heavy atom. The lowest BCUT2D eigenvalue weighted by Crippen LogP contribution is -2.44. The fraction of sp³-hybridized carbons (Fsp3) is 0.333. The van der Waals surface area contributed by atoms with E-state index in [0.29, 0.717) is 18.4 Å². The van der Waals surface area contributed by atoms with E-state index < -0.39 is 30.5 Å². The quantitative estimate of drug-likeness (QED) is 0.371. The van der Waals surface area contributed by atoms with E-state index in [1.54, 1.807) is 12.3 Å². The number of likely N-dealkylation sites (tertiary alicyclic amines) is 1. The number of fused-ring (bicyclic) bond motifs is 2. The molecule has 2 amide bonds. The van der Waals surface area contributed by atoms with Crippen molar-refractivity contribution in [2.45, 2.75) is 25.8 Å². The number of aromatic nitrogens is 1. The monoisotopic (exact) mass is 380 g/mol. The minimum Gasteiger partial charge on any atom is -0.456 e. The third kappa shape index (κ3) is 2.93. The number of benzene rings is 1. The molecule has 0 bridgehead atoms. The summed E-state index contributed by atoms with van der Waals surface area (Å²) < 4.78 is 5.14. The predicted molar refractivity (Wildman–Crippen MR) is 100 cm³/mol. The van der Waals surface area contributed by atoms with Gasteiger partial charge in [0.2, 0.25) is 17.6 Å². The van der Waals surface area contributed by atoms with Crippen LogP contribution in [0.15, 0.2) is 42.6 Å². The Morgan fingerprint density at radius 3 is 2.46 bits per heavy atom. The lowest BCUT2D eigenvalue weighted by molar-refractivity contribution is -0.157. The van der Waals surface area contributed by atoms with Gasteiger partial charge in [-0.15, -0.1) is 0 Å². The Hall–Kier alpha value is -3.22. The van der Waals surface area contributed by atoms with Crippen LogP contribution in [0.5, 0.6) is 0 Å². The Labute approximate surface area is 161 Å². The van der Waals surface area contributed by atoms with Crippen molar-refractivity contribution >= 4 is 34.5 Å². The van der Waals surface area contributed by atoms with Crippen molar-refractivity contribution in [3.63, 3.8) is 0 Å².